The van der Waals surface area contributed by atoms with Crippen LogP contribution in [0.4, 0.5) is 0 Å². The smallest absolute Gasteiger partial charge is 0.166 e. The number of hydrogen-bond donors (Lipinski definition) is 1. The monoisotopic (exact) mass is 174 g/mol. The summed E-state index contributed by atoms with van der Waals surface area (Å²) in [6, 6.07) is 0. The van der Waals surface area contributed by atoms with E-state index in [1.54, 1.807) is 7.11 Å². The van der Waals surface area contributed by atoms with Crippen LogP contribution in [0.15, 0.2) is 0 Å². The van der Waals surface area contributed by atoms with Gasteiger partial charge in [0.25, 0.3) is 0 Å². The number of ether oxygens (including phenoxy) is 1. The lowest BCUT2D eigenvalue weighted by Gasteiger charge is -2.31. The van der Waals surface area contributed by atoms with Gasteiger partial charge >= 0.3 is 0 Å². The van der Waals surface area contributed by atoms with Gasteiger partial charge in [-0.2, -0.15) is 0 Å². The number of thiocarbonyl (C=S) groups is 1. The molecule has 0 atom stereocenters. The Morgan fingerprint density at radius 2 is 2.09 bits per heavy atom. The van der Waals surface area contributed by atoms with Crippen molar-refractivity contribution in [1.29, 1.82) is 0 Å². The molecule has 0 aromatic carbocycles. The van der Waals surface area contributed by atoms with Crippen molar-refractivity contribution in [2.75, 3.05) is 20.2 Å². The number of piperidine rings is 1. The molecule has 1 rings (SSSR count). The highest BCUT2D eigenvalue weighted by Gasteiger charge is 2.18. The highest BCUT2D eigenvalue weighted by molar-refractivity contribution is 7.80. The molecule has 11 heavy (non-hydrogen) atoms. The van der Waals surface area contributed by atoms with Gasteiger partial charge in [0.2, 0.25) is 0 Å². The second kappa shape index (κ2) is 3.88. The maximum Gasteiger partial charge on any atom is 0.166 e. The molecule has 3 nitrogen and oxygen atoms in total. The van der Waals surface area contributed by atoms with Crippen molar-refractivity contribution in [3.8, 4) is 0 Å². The summed E-state index contributed by atoms with van der Waals surface area (Å²) in [5, 5.41) is 0.513. The predicted octanol–water partition coefficient (Wildman–Crippen LogP) is 0.341. The van der Waals surface area contributed by atoms with Crippen LogP contribution in [0.3, 0.4) is 0 Å². The lowest BCUT2D eigenvalue weighted by molar-refractivity contribution is 0.0581. The zero-order valence-corrected chi connectivity index (χ0v) is 7.56. The van der Waals surface area contributed by atoms with Crippen LogP contribution in [-0.4, -0.2) is 36.3 Å². The predicted molar refractivity (Wildman–Crippen MR) is 48.4 cm³/mol. The van der Waals surface area contributed by atoms with Gasteiger partial charge in [0.15, 0.2) is 5.11 Å². The van der Waals surface area contributed by atoms with Crippen molar-refractivity contribution >= 4 is 17.3 Å². The molecule has 1 fully saturated rings. The number of hydrogen-bond acceptors (Lipinski definition) is 2. The molecule has 1 heterocycles. The summed E-state index contributed by atoms with van der Waals surface area (Å²) in [6.45, 7) is 1.88. The standard InChI is InChI=1S/C7H14N2OS/c1-10-6-2-4-9(5-3-6)7(8)11/h6H,2-5H2,1H3,(H2,8,11). The van der Waals surface area contributed by atoms with Crippen LogP contribution in [-0.2, 0) is 4.74 Å². The van der Waals surface area contributed by atoms with Crippen LogP contribution in [0.5, 0.6) is 0 Å². The van der Waals surface area contributed by atoms with E-state index in [1.165, 1.54) is 0 Å². The molecule has 0 unspecified atom stereocenters. The van der Waals surface area contributed by atoms with Gasteiger partial charge in [-0.05, 0) is 25.1 Å². The number of nitrogens with zero attached hydrogens (tertiary/aromatic N) is 1. The molecule has 0 aromatic heterocycles. The number of rotatable bonds is 1. The third kappa shape index (κ3) is 2.31. The topological polar surface area (TPSA) is 38.5 Å². The van der Waals surface area contributed by atoms with E-state index in [0.717, 1.165) is 25.9 Å². The largest absolute Gasteiger partial charge is 0.381 e. The van der Waals surface area contributed by atoms with Crippen molar-refractivity contribution < 1.29 is 4.74 Å². The first-order chi connectivity index (χ1) is 5.24. The fourth-order valence-corrected chi connectivity index (χ4v) is 1.49. The summed E-state index contributed by atoms with van der Waals surface area (Å²) < 4.78 is 5.21. The molecule has 4 heteroatoms. The molecular weight excluding hydrogens is 160 g/mol. The normalized spacial score (nSPS) is 20.3. The Hall–Kier alpha value is -0.350. The Kier molecular flexibility index (Phi) is 3.08. The van der Waals surface area contributed by atoms with Gasteiger partial charge in [-0.15, -0.1) is 0 Å². The fourth-order valence-electron chi connectivity index (χ4n) is 1.31. The van der Waals surface area contributed by atoms with Crippen LogP contribution >= 0.6 is 12.2 Å². The van der Waals surface area contributed by atoms with Crippen LogP contribution in [0.2, 0.25) is 0 Å². The Labute approximate surface area is 72.5 Å². The van der Waals surface area contributed by atoms with E-state index < -0.39 is 0 Å². The Morgan fingerprint density at radius 1 is 1.55 bits per heavy atom. The van der Waals surface area contributed by atoms with Crippen LogP contribution in [0.1, 0.15) is 12.8 Å². The summed E-state index contributed by atoms with van der Waals surface area (Å²) in [7, 11) is 1.75. The first-order valence-corrected chi connectivity index (χ1v) is 4.22. The van der Waals surface area contributed by atoms with Gasteiger partial charge in [-0.1, -0.05) is 0 Å². The van der Waals surface area contributed by atoms with Gasteiger partial charge in [-0.3, -0.25) is 0 Å². The molecule has 0 aliphatic carbocycles. The Bertz CT molecular complexity index is 143. The molecule has 64 valence electrons. The van der Waals surface area contributed by atoms with E-state index in [0.29, 0.717) is 11.2 Å². The van der Waals surface area contributed by atoms with Gasteiger partial charge in [0.05, 0.1) is 6.10 Å². The van der Waals surface area contributed by atoms with Crippen molar-refractivity contribution in [3.63, 3.8) is 0 Å². The number of methoxy groups -OCH3 is 1. The van der Waals surface area contributed by atoms with E-state index in [-0.39, 0.29) is 0 Å². The minimum Gasteiger partial charge on any atom is -0.381 e. The molecule has 1 aliphatic heterocycles. The SMILES string of the molecule is COC1CCN(C(N)=S)CC1. The highest BCUT2D eigenvalue weighted by atomic mass is 32.1. The van der Waals surface area contributed by atoms with Crippen LogP contribution in [0.25, 0.3) is 0 Å². The van der Waals surface area contributed by atoms with Gasteiger partial charge in [-0.25, -0.2) is 0 Å². The lowest BCUT2D eigenvalue weighted by Crippen LogP contribution is -2.43. The van der Waals surface area contributed by atoms with Gasteiger partial charge in [0.1, 0.15) is 0 Å². The van der Waals surface area contributed by atoms with E-state index >= 15 is 0 Å². The van der Waals surface area contributed by atoms with Gasteiger partial charge < -0.3 is 15.4 Å². The summed E-state index contributed by atoms with van der Waals surface area (Å²) in [6.07, 6.45) is 2.47. The average Bonchev–Trinajstić information content (AvgIpc) is 2.05. The Morgan fingerprint density at radius 3 is 2.45 bits per heavy atom. The summed E-state index contributed by atoms with van der Waals surface area (Å²) >= 11 is 4.85. The van der Waals surface area contributed by atoms with Crippen molar-refractivity contribution in [3.05, 3.63) is 0 Å². The Balaban J connectivity index is 2.30. The molecule has 1 aliphatic rings. The second-order valence-electron chi connectivity index (χ2n) is 2.76. The number of likely N-dealkylation sites (tertiary alicyclic amines) is 1. The third-order valence-electron chi connectivity index (χ3n) is 2.09. The lowest BCUT2D eigenvalue weighted by atomic mass is 10.1. The van der Waals surface area contributed by atoms with E-state index in [9.17, 15) is 0 Å². The quantitative estimate of drug-likeness (QED) is 0.582. The number of nitrogens with two attached hydrogens (primary N) is 1. The molecule has 1 saturated heterocycles. The van der Waals surface area contributed by atoms with E-state index in [2.05, 4.69) is 0 Å². The molecule has 2 N–H and O–H groups in total. The minimum absolute atomic E-state index is 0.403. The zero-order chi connectivity index (χ0) is 8.27. The second-order valence-corrected chi connectivity index (χ2v) is 3.18. The average molecular weight is 174 g/mol. The first kappa shape index (κ1) is 8.74. The molecule has 0 aromatic rings. The zero-order valence-electron chi connectivity index (χ0n) is 6.75. The molecule has 0 bridgehead atoms. The van der Waals surface area contributed by atoms with E-state index in [4.69, 9.17) is 22.7 Å². The maximum absolute atomic E-state index is 5.47. The summed E-state index contributed by atoms with van der Waals surface area (Å²) in [5.41, 5.74) is 5.47. The molecule has 0 saturated carbocycles. The van der Waals surface area contributed by atoms with Crippen molar-refractivity contribution in [2.24, 2.45) is 5.73 Å². The maximum atomic E-state index is 5.47. The first-order valence-electron chi connectivity index (χ1n) is 3.81. The van der Waals surface area contributed by atoms with Crippen LogP contribution < -0.4 is 5.73 Å². The fraction of sp³-hybridized carbons (Fsp3) is 0.857. The van der Waals surface area contributed by atoms with Gasteiger partial charge in [0, 0.05) is 20.2 Å². The molecule has 0 radical (unpaired) electrons. The molecular formula is C7H14N2OS. The summed E-state index contributed by atoms with van der Waals surface area (Å²) in [5.74, 6) is 0. The third-order valence-corrected chi connectivity index (χ3v) is 2.35. The summed E-state index contributed by atoms with van der Waals surface area (Å²) in [4.78, 5) is 2.02. The highest BCUT2D eigenvalue weighted by Crippen LogP contribution is 2.11. The van der Waals surface area contributed by atoms with E-state index in [1.807, 2.05) is 4.90 Å². The molecule has 0 amide bonds. The van der Waals surface area contributed by atoms with Crippen molar-refractivity contribution in [2.45, 2.75) is 18.9 Å². The molecule has 0 spiro atoms. The minimum atomic E-state index is 0.403. The van der Waals surface area contributed by atoms with Crippen molar-refractivity contribution in [1.82, 2.24) is 4.90 Å². The van der Waals surface area contributed by atoms with Crippen LogP contribution in [0, 0.1) is 0 Å².